The van der Waals surface area contributed by atoms with Gasteiger partial charge in [-0.05, 0) is 43.7 Å². The second-order valence-electron chi connectivity index (χ2n) is 4.72. The minimum atomic E-state index is -0.835. The molecule has 0 aliphatic carbocycles. The molecule has 0 aliphatic rings. The van der Waals surface area contributed by atoms with Gasteiger partial charge in [-0.25, -0.2) is 4.39 Å². The predicted molar refractivity (Wildman–Crippen MR) is 78.0 cm³/mol. The Kier molecular flexibility index (Phi) is 4.69. The molecule has 106 valence electrons. The van der Waals surface area contributed by atoms with Crippen LogP contribution in [0.5, 0.6) is 0 Å². The standard InChI is InChI=1S/C16H19FN2O/c1-3-19(11-13-7-9-18-10-8-13)15-6-4-5-14(17)16(15)12(2)20/h4-10,12,20H,3,11H2,1-2H3. The quantitative estimate of drug-likeness (QED) is 0.908. The Balaban J connectivity index is 2.35. The minimum absolute atomic E-state index is 0.350. The molecule has 1 unspecified atom stereocenters. The summed E-state index contributed by atoms with van der Waals surface area (Å²) in [7, 11) is 0. The first-order valence-electron chi connectivity index (χ1n) is 6.73. The zero-order valence-electron chi connectivity index (χ0n) is 11.8. The van der Waals surface area contributed by atoms with Crippen LogP contribution in [0.1, 0.15) is 31.1 Å². The van der Waals surface area contributed by atoms with Gasteiger partial charge in [0.1, 0.15) is 5.82 Å². The first-order chi connectivity index (χ1) is 9.63. The normalized spacial score (nSPS) is 12.2. The molecule has 0 saturated carbocycles. The molecule has 1 atom stereocenters. The largest absolute Gasteiger partial charge is 0.389 e. The van der Waals surface area contributed by atoms with Crippen LogP contribution < -0.4 is 4.90 Å². The molecule has 4 heteroatoms. The van der Waals surface area contributed by atoms with Gasteiger partial charge in [0.2, 0.25) is 0 Å². The molecule has 3 nitrogen and oxygen atoms in total. The van der Waals surface area contributed by atoms with Crippen LogP contribution in [0.2, 0.25) is 0 Å². The summed E-state index contributed by atoms with van der Waals surface area (Å²) in [5, 5.41) is 9.82. The van der Waals surface area contributed by atoms with E-state index in [9.17, 15) is 9.50 Å². The summed E-state index contributed by atoms with van der Waals surface area (Å²) in [6.45, 7) is 4.98. The van der Waals surface area contributed by atoms with E-state index in [1.165, 1.54) is 6.07 Å². The third kappa shape index (κ3) is 3.14. The van der Waals surface area contributed by atoms with Crippen LogP contribution in [0.15, 0.2) is 42.7 Å². The molecule has 2 aromatic rings. The molecular weight excluding hydrogens is 255 g/mol. The van der Waals surface area contributed by atoms with Gasteiger partial charge in [-0.15, -0.1) is 0 Å². The molecule has 1 aromatic carbocycles. The molecule has 0 aliphatic heterocycles. The summed E-state index contributed by atoms with van der Waals surface area (Å²) in [6.07, 6.45) is 2.65. The maximum absolute atomic E-state index is 13.9. The van der Waals surface area contributed by atoms with E-state index in [0.29, 0.717) is 12.1 Å². The first kappa shape index (κ1) is 14.5. The van der Waals surface area contributed by atoms with E-state index in [4.69, 9.17) is 0 Å². The minimum Gasteiger partial charge on any atom is -0.389 e. The number of aromatic nitrogens is 1. The monoisotopic (exact) mass is 274 g/mol. The Hall–Kier alpha value is -1.94. The number of hydrogen-bond acceptors (Lipinski definition) is 3. The second kappa shape index (κ2) is 6.48. The van der Waals surface area contributed by atoms with Gasteiger partial charge in [0.05, 0.1) is 6.10 Å². The van der Waals surface area contributed by atoms with Crippen molar-refractivity contribution in [2.75, 3.05) is 11.4 Å². The van der Waals surface area contributed by atoms with Gasteiger partial charge in [0.25, 0.3) is 0 Å². The highest BCUT2D eigenvalue weighted by molar-refractivity contribution is 5.55. The smallest absolute Gasteiger partial charge is 0.131 e. The van der Waals surface area contributed by atoms with Gasteiger partial charge in [0, 0.05) is 36.7 Å². The number of nitrogens with zero attached hydrogens (tertiary/aromatic N) is 2. The lowest BCUT2D eigenvalue weighted by Gasteiger charge is -2.27. The van der Waals surface area contributed by atoms with E-state index >= 15 is 0 Å². The summed E-state index contributed by atoms with van der Waals surface area (Å²) in [6, 6.07) is 8.77. The summed E-state index contributed by atoms with van der Waals surface area (Å²) in [5.41, 5.74) is 2.19. The van der Waals surface area contributed by atoms with Crippen molar-refractivity contribution in [3.8, 4) is 0 Å². The molecule has 20 heavy (non-hydrogen) atoms. The number of aliphatic hydroxyl groups is 1. The van der Waals surface area contributed by atoms with Crippen LogP contribution in [0.4, 0.5) is 10.1 Å². The fourth-order valence-corrected chi connectivity index (χ4v) is 2.29. The molecule has 0 fully saturated rings. The topological polar surface area (TPSA) is 36.4 Å². The number of halogens is 1. The van der Waals surface area contributed by atoms with Crippen molar-refractivity contribution in [3.05, 3.63) is 59.7 Å². The van der Waals surface area contributed by atoms with Gasteiger partial charge in [-0.3, -0.25) is 4.98 Å². The second-order valence-corrected chi connectivity index (χ2v) is 4.72. The molecule has 0 radical (unpaired) electrons. The molecule has 1 aromatic heterocycles. The molecule has 1 N–H and O–H groups in total. The Labute approximate surface area is 118 Å². The molecule has 0 amide bonds. The van der Waals surface area contributed by atoms with Crippen molar-refractivity contribution < 1.29 is 9.50 Å². The summed E-state index contributed by atoms with van der Waals surface area (Å²) < 4.78 is 13.9. The highest BCUT2D eigenvalue weighted by atomic mass is 19.1. The first-order valence-corrected chi connectivity index (χ1v) is 6.73. The van der Waals surface area contributed by atoms with Crippen LogP contribution in [-0.4, -0.2) is 16.6 Å². The fraction of sp³-hybridized carbons (Fsp3) is 0.312. The van der Waals surface area contributed by atoms with Crippen LogP contribution in [-0.2, 0) is 6.54 Å². The zero-order valence-corrected chi connectivity index (χ0v) is 11.8. The van der Waals surface area contributed by atoms with E-state index in [0.717, 1.165) is 17.8 Å². The molecule has 0 bridgehead atoms. The maximum atomic E-state index is 13.9. The maximum Gasteiger partial charge on any atom is 0.131 e. The van der Waals surface area contributed by atoms with Crippen LogP contribution >= 0.6 is 0 Å². The fourth-order valence-electron chi connectivity index (χ4n) is 2.29. The zero-order chi connectivity index (χ0) is 14.5. The van der Waals surface area contributed by atoms with Gasteiger partial charge in [-0.2, -0.15) is 0 Å². The summed E-state index contributed by atoms with van der Waals surface area (Å²) in [4.78, 5) is 6.03. The van der Waals surface area contributed by atoms with Crippen LogP contribution in [0.3, 0.4) is 0 Å². The Morgan fingerprint density at radius 3 is 2.55 bits per heavy atom. The van der Waals surface area contributed by atoms with Crippen molar-refractivity contribution >= 4 is 5.69 Å². The van der Waals surface area contributed by atoms with Crippen LogP contribution in [0, 0.1) is 5.82 Å². The number of hydrogen-bond donors (Lipinski definition) is 1. The molecule has 1 heterocycles. The molecule has 0 spiro atoms. The molecule has 0 saturated heterocycles. The Morgan fingerprint density at radius 2 is 1.95 bits per heavy atom. The molecule has 2 rings (SSSR count). The van der Waals surface area contributed by atoms with Crippen molar-refractivity contribution in [3.63, 3.8) is 0 Å². The number of benzene rings is 1. The third-order valence-electron chi connectivity index (χ3n) is 3.29. The highest BCUT2D eigenvalue weighted by Crippen LogP contribution is 2.29. The van der Waals surface area contributed by atoms with Crippen LogP contribution in [0.25, 0.3) is 0 Å². The lowest BCUT2D eigenvalue weighted by molar-refractivity contribution is 0.194. The SMILES string of the molecule is CCN(Cc1ccncc1)c1cccc(F)c1C(C)O. The van der Waals surface area contributed by atoms with Crippen molar-refractivity contribution in [1.82, 2.24) is 4.98 Å². The summed E-state index contributed by atoms with van der Waals surface area (Å²) >= 11 is 0. The number of anilines is 1. The van der Waals surface area contributed by atoms with Crippen molar-refractivity contribution in [2.45, 2.75) is 26.5 Å². The third-order valence-corrected chi connectivity index (χ3v) is 3.29. The van der Waals surface area contributed by atoms with Gasteiger partial charge < -0.3 is 10.0 Å². The number of aliphatic hydroxyl groups excluding tert-OH is 1. The average Bonchev–Trinajstić information content (AvgIpc) is 2.45. The van der Waals surface area contributed by atoms with Gasteiger partial charge in [0.15, 0.2) is 0 Å². The van der Waals surface area contributed by atoms with E-state index in [-0.39, 0.29) is 5.82 Å². The van der Waals surface area contributed by atoms with Crippen molar-refractivity contribution in [1.29, 1.82) is 0 Å². The number of rotatable bonds is 5. The molecular formula is C16H19FN2O. The summed E-state index contributed by atoms with van der Waals surface area (Å²) in [5.74, 6) is -0.370. The highest BCUT2D eigenvalue weighted by Gasteiger charge is 2.17. The lowest BCUT2D eigenvalue weighted by Crippen LogP contribution is -2.24. The Morgan fingerprint density at radius 1 is 1.25 bits per heavy atom. The van der Waals surface area contributed by atoms with E-state index in [2.05, 4.69) is 4.98 Å². The predicted octanol–water partition coefficient (Wildman–Crippen LogP) is 3.30. The van der Waals surface area contributed by atoms with E-state index in [1.54, 1.807) is 25.4 Å². The van der Waals surface area contributed by atoms with Crippen molar-refractivity contribution in [2.24, 2.45) is 0 Å². The van der Waals surface area contributed by atoms with Gasteiger partial charge in [-0.1, -0.05) is 6.07 Å². The average molecular weight is 274 g/mol. The van der Waals surface area contributed by atoms with E-state index < -0.39 is 6.10 Å². The Bertz CT molecular complexity index is 558. The van der Waals surface area contributed by atoms with E-state index in [1.807, 2.05) is 30.0 Å². The lowest BCUT2D eigenvalue weighted by atomic mass is 10.1. The number of pyridine rings is 1. The van der Waals surface area contributed by atoms with Gasteiger partial charge >= 0.3 is 0 Å².